The second-order valence-corrected chi connectivity index (χ2v) is 17.7. The Morgan fingerprint density at radius 1 is 0.698 bits per heavy atom. The molecule has 3 aromatic heterocycles. The molecule has 0 amide bonds. The molecule has 4 aromatic rings. The maximum atomic E-state index is 13.6. The highest BCUT2D eigenvalue weighted by atomic mass is 79.9. The molecule has 0 spiro atoms. The van der Waals surface area contributed by atoms with Crippen LogP contribution in [0.3, 0.4) is 0 Å². The molecule has 12 nitrogen and oxygen atoms in total. The van der Waals surface area contributed by atoms with Gasteiger partial charge < -0.3 is 37.5 Å². The van der Waals surface area contributed by atoms with Gasteiger partial charge in [0.1, 0.15) is 11.5 Å². The predicted octanol–water partition coefficient (Wildman–Crippen LogP) is 10.6. The van der Waals surface area contributed by atoms with Crippen molar-refractivity contribution in [3.8, 4) is 22.6 Å². The van der Waals surface area contributed by atoms with Crippen molar-refractivity contribution in [1.82, 2.24) is 19.9 Å². The summed E-state index contributed by atoms with van der Waals surface area (Å²) in [4.78, 5) is 17.2. The average molecular weight is 828 g/mol. The SMILES string of the molecule is CCOP(=O)(COc1cccc(OCP(=O)(OCC)OCC)c1-c1c2nc(c(Br)c3nc(cc4ccc(cc5ccc1[nH]5)[nH]4)C(C)(C)C3)C=C2)OCC. The zero-order valence-corrected chi connectivity index (χ0v) is 34.1. The molecule has 0 fully saturated rings. The van der Waals surface area contributed by atoms with Gasteiger partial charge in [-0.15, -0.1) is 0 Å². The molecule has 2 N–H and O–H groups in total. The van der Waals surface area contributed by atoms with Crippen molar-refractivity contribution in [3.05, 3.63) is 81.8 Å². The highest BCUT2D eigenvalue weighted by Gasteiger charge is 2.32. The molecule has 282 valence electrons. The summed E-state index contributed by atoms with van der Waals surface area (Å²) in [5, 5.41) is 0. The lowest BCUT2D eigenvalue weighted by Gasteiger charge is -2.22. The second-order valence-electron chi connectivity index (χ2n) is 13.0. The summed E-state index contributed by atoms with van der Waals surface area (Å²) in [5.41, 5.74) is 7.36. The molecule has 2 aliphatic heterocycles. The fraction of sp³-hybridized carbons (Fsp3) is 0.368. The summed E-state index contributed by atoms with van der Waals surface area (Å²) in [6.07, 6.45) is 3.84. The van der Waals surface area contributed by atoms with Crippen LogP contribution in [0.2, 0.25) is 0 Å². The normalized spacial score (nSPS) is 14.1. The van der Waals surface area contributed by atoms with Crippen LogP contribution in [0, 0.1) is 0 Å². The molecule has 0 atom stereocenters. The van der Waals surface area contributed by atoms with E-state index in [0.717, 1.165) is 32.4 Å². The van der Waals surface area contributed by atoms with Crippen molar-refractivity contribution in [3.63, 3.8) is 0 Å². The number of rotatable bonds is 15. The van der Waals surface area contributed by atoms with Gasteiger partial charge in [0.05, 0.1) is 53.5 Å². The third-order valence-electron chi connectivity index (χ3n) is 8.54. The number of nitrogens with one attached hydrogen (secondary N) is 2. The molecule has 53 heavy (non-hydrogen) atoms. The van der Waals surface area contributed by atoms with Gasteiger partial charge in [-0.3, -0.25) is 14.1 Å². The number of benzene rings is 1. The highest BCUT2D eigenvalue weighted by molar-refractivity contribution is 9.10. The topological polar surface area (TPSA) is 147 Å². The van der Waals surface area contributed by atoms with E-state index in [2.05, 4.69) is 45.8 Å². The van der Waals surface area contributed by atoms with Crippen LogP contribution in [0.5, 0.6) is 11.5 Å². The molecule has 8 bridgehead atoms. The first-order valence-electron chi connectivity index (χ1n) is 17.6. The predicted molar refractivity (Wildman–Crippen MR) is 213 cm³/mol. The molecule has 5 heterocycles. The van der Waals surface area contributed by atoms with Gasteiger partial charge in [0.25, 0.3) is 0 Å². The minimum atomic E-state index is -3.63. The lowest BCUT2D eigenvalue weighted by atomic mass is 9.87. The quantitative estimate of drug-likeness (QED) is 0.0978. The van der Waals surface area contributed by atoms with Crippen LogP contribution in [0.25, 0.3) is 45.3 Å². The van der Waals surface area contributed by atoms with Crippen LogP contribution >= 0.6 is 31.1 Å². The fourth-order valence-corrected chi connectivity index (χ4v) is 9.30. The molecule has 0 aliphatic carbocycles. The summed E-state index contributed by atoms with van der Waals surface area (Å²) >= 11 is 3.84. The number of aromatic amines is 2. The van der Waals surface area contributed by atoms with E-state index in [-0.39, 0.29) is 44.5 Å². The first-order chi connectivity index (χ1) is 25.4. The number of fused-ring (bicyclic) bond motifs is 8. The summed E-state index contributed by atoms with van der Waals surface area (Å²) in [7, 11) is -7.26. The number of aromatic nitrogens is 4. The Morgan fingerprint density at radius 3 is 1.81 bits per heavy atom. The molecular formula is C38H45BrN4O8P2. The van der Waals surface area contributed by atoms with E-state index in [1.165, 1.54) is 0 Å². The third-order valence-corrected chi connectivity index (χ3v) is 12.9. The monoisotopic (exact) mass is 826 g/mol. The highest BCUT2D eigenvalue weighted by Crippen LogP contribution is 2.52. The molecule has 2 aliphatic rings. The minimum absolute atomic E-state index is 0.174. The van der Waals surface area contributed by atoms with E-state index in [9.17, 15) is 9.13 Å². The zero-order valence-electron chi connectivity index (χ0n) is 30.7. The smallest absolute Gasteiger partial charge is 0.367 e. The maximum absolute atomic E-state index is 13.6. The van der Waals surface area contributed by atoms with Gasteiger partial charge in [-0.05, 0) is 104 Å². The van der Waals surface area contributed by atoms with Crippen LogP contribution in [0.1, 0.15) is 64.3 Å². The number of hydrogen-bond donors (Lipinski definition) is 2. The first kappa shape index (κ1) is 39.2. The van der Waals surface area contributed by atoms with E-state index in [1.54, 1.807) is 45.9 Å². The van der Waals surface area contributed by atoms with Gasteiger partial charge in [0.2, 0.25) is 0 Å². The number of nitrogens with zero attached hydrogens (tertiary/aromatic N) is 2. The van der Waals surface area contributed by atoms with E-state index < -0.39 is 15.2 Å². The lowest BCUT2D eigenvalue weighted by Crippen LogP contribution is -2.15. The Labute approximate surface area is 317 Å². The fourth-order valence-electron chi connectivity index (χ4n) is 6.23. The van der Waals surface area contributed by atoms with Gasteiger partial charge >= 0.3 is 15.2 Å². The summed E-state index contributed by atoms with van der Waals surface area (Å²) in [5.74, 6) is 0.625. The molecule has 6 rings (SSSR count). The Hall–Kier alpha value is -3.54. The Morgan fingerprint density at radius 2 is 1.23 bits per heavy atom. The molecule has 0 unspecified atom stereocenters. The zero-order chi connectivity index (χ0) is 37.8. The average Bonchev–Trinajstić information content (AvgIpc) is 3.93. The van der Waals surface area contributed by atoms with Gasteiger partial charge in [0, 0.05) is 45.2 Å². The van der Waals surface area contributed by atoms with Gasteiger partial charge in [-0.25, -0.2) is 4.98 Å². The molecule has 0 saturated heterocycles. The molecule has 15 heteroatoms. The van der Waals surface area contributed by atoms with Crippen molar-refractivity contribution in [2.45, 2.75) is 53.4 Å². The van der Waals surface area contributed by atoms with E-state index in [0.29, 0.717) is 46.0 Å². The van der Waals surface area contributed by atoms with Crippen molar-refractivity contribution in [2.75, 3.05) is 39.1 Å². The standard InChI is InChI=1S/C38H45BrN4O8P2/c1-7-48-52(44,49-8-2)23-46-32-12-11-13-33(47-24-53(45,50-9-3)51-10-4)36(32)35-28-17-16-26(41-28)20-25-14-15-27(40-25)21-34-38(5,6)22-31(43-34)37(39)30-19-18-29(35)42-30/h11-21,40-41H,7-10,22-24H2,1-6H3. The van der Waals surface area contributed by atoms with Crippen LogP contribution < -0.4 is 9.47 Å². The Kier molecular flexibility index (Phi) is 12.2. The van der Waals surface area contributed by atoms with E-state index >= 15 is 0 Å². The van der Waals surface area contributed by atoms with Crippen molar-refractivity contribution < 1.29 is 36.7 Å². The number of ether oxygens (including phenoxy) is 2. The summed E-state index contributed by atoms with van der Waals surface area (Å²) in [6.45, 7) is 12.0. The lowest BCUT2D eigenvalue weighted by molar-refractivity contribution is 0.195. The van der Waals surface area contributed by atoms with Gasteiger partial charge in [-0.2, -0.15) is 0 Å². The van der Waals surface area contributed by atoms with Gasteiger partial charge in [-0.1, -0.05) is 19.9 Å². The van der Waals surface area contributed by atoms with Crippen LogP contribution in [0.4, 0.5) is 0 Å². The van der Waals surface area contributed by atoms with E-state index in [4.69, 9.17) is 37.5 Å². The van der Waals surface area contributed by atoms with Crippen LogP contribution in [0.15, 0.2) is 59.1 Å². The maximum Gasteiger partial charge on any atom is 0.367 e. The minimum Gasteiger partial charge on any atom is -0.480 e. The molecule has 0 saturated carbocycles. The second kappa shape index (κ2) is 16.4. The van der Waals surface area contributed by atoms with Crippen molar-refractivity contribution in [1.29, 1.82) is 0 Å². The third kappa shape index (κ3) is 8.89. The largest absolute Gasteiger partial charge is 0.480 e. The number of hydrogen-bond acceptors (Lipinski definition) is 10. The summed E-state index contributed by atoms with van der Waals surface area (Å²) < 4.78 is 62.8. The van der Waals surface area contributed by atoms with E-state index in [1.807, 2.05) is 42.5 Å². The van der Waals surface area contributed by atoms with Crippen LogP contribution in [-0.2, 0) is 39.1 Å². The van der Waals surface area contributed by atoms with Crippen molar-refractivity contribution >= 4 is 65.3 Å². The van der Waals surface area contributed by atoms with Gasteiger partial charge in [0.15, 0.2) is 12.7 Å². The Balaban J connectivity index is 1.63. The van der Waals surface area contributed by atoms with Crippen LogP contribution in [-0.4, -0.2) is 59.1 Å². The molecule has 1 aromatic carbocycles. The summed E-state index contributed by atoms with van der Waals surface area (Å²) in [6, 6.07) is 17.3. The number of halogens is 1. The first-order valence-corrected chi connectivity index (χ1v) is 21.9. The Bertz CT molecular complexity index is 2200. The van der Waals surface area contributed by atoms with Crippen molar-refractivity contribution in [2.24, 2.45) is 0 Å². The molecular weight excluding hydrogens is 782 g/mol. The number of H-pyrrole nitrogens is 2. The molecule has 0 radical (unpaired) electrons.